The molecule has 0 saturated carbocycles. The van der Waals surface area contributed by atoms with Gasteiger partial charge in [-0.1, -0.05) is 45.4 Å². The van der Waals surface area contributed by atoms with E-state index in [2.05, 4.69) is 26.8 Å². The lowest BCUT2D eigenvalue weighted by Crippen LogP contribution is -1.90. The van der Waals surface area contributed by atoms with E-state index in [1.807, 2.05) is 18.2 Å². The molecule has 0 bridgehead atoms. The van der Waals surface area contributed by atoms with Crippen LogP contribution in [0.1, 0.15) is 34.2 Å². The number of hydrogen-bond acceptors (Lipinski definition) is 1. The summed E-state index contributed by atoms with van der Waals surface area (Å²) in [7, 11) is 0. The third-order valence-corrected chi connectivity index (χ3v) is 1.44. The molecule has 0 aliphatic carbocycles. The number of nitrogens with two attached hydrogens (primary N) is 1. The molecule has 0 aliphatic rings. The van der Waals surface area contributed by atoms with Gasteiger partial charge in [0.05, 0.1) is 0 Å². The maximum atomic E-state index is 5.63. The number of anilines is 1. The van der Waals surface area contributed by atoms with Crippen molar-refractivity contribution in [2.24, 2.45) is 0 Å². The zero-order valence-corrected chi connectivity index (χ0v) is 8.30. The van der Waals surface area contributed by atoms with Gasteiger partial charge in [0, 0.05) is 7.11 Å². The number of rotatable bonds is 1. The van der Waals surface area contributed by atoms with Crippen LogP contribution in [-0.4, -0.2) is 0 Å². The molecule has 1 rings (SSSR count). The molecule has 0 aromatic heterocycles. The Bertz CT molecular complexity index is 211. The summed E-state index contributed by atoms with van der Waals surface area (Å²) in [5, 5.41) is 0. The second-order valence-corrected chi connectivity index (χ2v) is 2.76. The van der Waals surface area contributed by atoms with E-state index in [9.17, 15) is 0 Å². The molecular weight excluding hydrogens is 146 g/mol. The SMILES string of the molecule is CCC.CCc1ccccc1N.[HH]. The topological polar surface area (TPSA) is 26.0 Å². The summed E-state index contributed by atoms with van der Waals surface area (Å²) >= 11 is 0. The van der Waals surface area contributed by atoms with Crippen molar-refractivity contribution in [3.05, 3.63) is 29.8 Å². The monoisotopic (exact) mass is 167 g/mol. The maximum Gasteiger partial charge on any atom is 0.0346 e. The smallest absolute Gasteiger partial charge is 0.0346 e. The van der Waals surface area contributed by atoms with E-state index in [0.717, 1.165) is 12.1 Å². The van der Waals surface area contributed by atoms with Crippen molar-refractivity contribution >= 4 is 5.69 Å². The first-order valence-corrected chi connectivity index (χ1v) is 4.59. The van der Waals surface area contributed by atoms with Crippen LogP contribution >= 0.6 is 0 Å². The maximum absolute atomic E-state index is 5.63. The predicted octanol–water partition coefficient (Wildman–Crippen LogP) is 3.49. The lowest BCUT2D eigenvalue weighted by Gasteiger charge is -1.98. The summed E-state index contributed by atoms with van der Waals surface area (Å²) in [6.07, 6.45) is 2.27. The Balaban J connectivity index is 0. The fourth-order valence-corrected chi connectivity index (χ4v) is 0.856. The average molecular weight is 167 g/mol. The molecule has 0 atom stereocenters. The van der Waals surface area contributed by atoms with Crippen molar-refractivity contribution in [3.8, 4) is 0 Å². The number of aryl methyl sites for hydroxylation is 1. The lowest BCUT2D eigenvalue weighted by atomic mass is 10.1. The van der Waals surface area contributed by atoms with E-state index in [4.69, 9.17) is 5.73 Å². The molecular formula is C11H21N. The van der Waals surface area contributed by atoms with Crippen LogP contribution in [0.25, 0.3) is 0 Å². The normalized spacial score (nSPS) is 8.58. The molecule has 0 amide bonds. The van der Waals surface area contributed by atoms with Crippen LogP contribution in [-0.2, 0) is 6.42 Å². The minimum atomic E-state index is 0. The van der Waals surface area contributed by atoms with E-state index < -0.39 is 0 Å². The third kappa shape index (κ3) is 4.02. The molecule has 0 unspecified atom stereocenters. The predicted molar refractivity (Wildman–Crippen MR) is 58.3 cm³/mol. The second-order valence-electron chi connectivity index (χ2n) is 2.76. The molecule has 1 heteroatoms. The van der Waals surface area contributed by atoms with Gasteiger partial charge in [-0.15, -0.1) is 0 Å². The van der Waals surface area contributed by atoms with Crippen molar-refractivity contribution < 1.29 is 1.43 Å². The molecule has 0 spiro atoms. The highest BCUT2D eigenvalue weighted by molar-refractivity contribution is 5.46. The molecule has 1 nitrogen and oxygen atoms in total. The quantitative estimate of drug-likeness (QED) is 0.636. The van der Waals surface area contributed by atoms with Crippen molar-refractivity contribution in [1.29, 1.82) is 0 Å². The number of nitrogen functional groups attached to an aromatic ring is 1. The van der Waals surface area contributed by atoms with Crippen LogP contribution < -0.4 is 5.73 Å². The molecule has 70 valence electrons. The first-order valence-electron chi connectivity index (χ1n) is 4.59. The van der Waals surface area contributed by atoms with Crippen LogP contribution in [0.15, 0.2) is 24.3 Å². The highest BCUT2D eigenvalue weighted by Crippen LogP contribution is 2.09. The highest BCUT2D eigenvalue weighted by atomic mass is 14.5. The molecule has 0 fully saturated rings. The minimum Gasteiger partial charge on any atom is -0.399 e. The van der Waals surface area contributed by atoms with E-state index in [1.165, 1.54) is 12.0 Å². The van der Waals surface area contributed by atoms with Gasteiger partial charge in [-0.3, -0.25) is 0 Å². The Hall–Kier alpha value is -0.980. The van der Waals surface area contributed by atoms with Crippen molar-refractivity contribution in [2.45, 2.75) is 33.6 Å². The standard InChI is InChI=1S/C8H11N.C3H8.H2/c1-2-7-5-3-4-6-8(7)9;1-3-2;/h3-6H,2,9H2,1H3;3H2,1-2H3;1H. The zero-order chi connectivity index (χ0) is 9.40. The van der Waals surface area contributed by atoms with Gasteiger partial charge in [-0.2, -0.15) is 0 Å². The van der Waals surface area contributed by atoms with Crippen LogP contribution in [0.4, 0.5) is 5.69 Å². The van der Waals surface area contributed by atoms with Crippen molar-refractivity contribution in [3.63, 3.8) is 0 Å². The minimum absolute atomic E-state index is 0. The third-order valence-electron chi connectivity index (χ3n) is 1.44. The van der Waals surface area contributed by atoms with Crippen molar-refractivity contribution in [1.82, 2.24) is 0 Å². The number of benzene rings is 1. The van der Waals surface area contributed by atoms with Crippen LogP contribution in [0.2, 0.25) is 0 Å². The molecule has 1 aromatic rings. The largest absolute Gasteiger partial charge is 0.399 e. The first kappa shape index (κ1) is 11.0. The van der Waals surface area contributed by atoms with Gasteiger partial charge in [0.2, 0.25) is 0 Å². The first-order chi connectivity index (χ1) is 5.76. The van der Waals surface area contributed by atoms with Crippen LogP contribution in [0.3, 0.4) is 0 Å². The van der Waals surface area contributed by atoms with Gasteiger partial charge in [0.1, 0.15) is 0 Å². The fraction of sp³-hybridized carbons (Fsp3) is 0.455. The van der Waals surface area contributed by atoms with Crippen LogP contribution in [0, 0.1) is 0 Å². The lowest BCUT2D eigenvalue weighted by molar-refractivity contribution is 1.09. The molecule has 0 aliphatic heterocycles. The van der Waals surface area contributed by atoms with Gasteiger partial charge in [-0.05, 0) is 18.1 Å². The molecule has 0 radical (unpaired) electrons. The fourth-order valence-electron chi connectivity index (χ4n) is 0.856. The molecule has 0 saturated heterocycles. The van der Waals surface area contributed by atoms with E-state index in [1.54, 1.807) is 0 Å². The van der Waals surface area contributed by atoms with Gasteiger partial charge < -0.3 is 5.73 Å². The summed E-state index contributed by atoms with van der Waals surface area (Å²) in [6, 6.07) is 7.94. The second kappa shape index (κ2) is 6.71. The Morgan fingerprint density at radius 2 is 1.67 bits per heavy atom. The summed E-state index contributed by atoms with van der Waals surface area (Å²) in [5.74, 6) is 0. The van der Waals surface area contributed by atoms with Crippen molar-refractivity contribution in [2.75, 3.05) is 5.73 Å². The summed E-state index contributed by atoms with van der Waals surface area (Å²) in [4.78, 5) is 0. The van der Waals surface area contributed by atoms with Gasteiger partial charge >= 0.3 is 0 Å². The average Bonchev–Trinajstić information content (AvgIpc) is 2.07. The van der Waals surface area contributed by atoms with E-state index in [-0.39, 0.29) is 1.43 Å². The Kier molecular flexibility index (Phi) is 6.16. The molecule has 0 heterocycles. The summed E-state index contributed by atoms with van der Waals surface area (Å²) in [5.41, 5.74) is 7.77. The summed E-state index contributed by atoms with van der Waals surface area (Å²) in [6.45, 7) is 6.35. The Morgan fingerprint density at radius 3 is 2.00 bits per heavy atom. The Morgan fingerprint density at radius 1 is 1.17 bits per heavy atom. The molecule has 2 N–H and O–H groups in total. The zero-order valence-electron chi connectivity index (χ0n) is 8.30. The van der Waals surface area contributed by atoms with Gasteiger partial charge in [0.15, 0.2) is 0 Å². The number of hydrogen-bond donors (Lipinski definition) is 1. The molecule has 12 heavy (non-hydrogen) atoms. The Labute approximate surface area is 77.1 Å². The summed E-state index contributed by atoms with van der Waals surface area (Å²) < 4.78 is 0. The van der Waals surface area contributed by atoms with E-state index in [0.29, 0.717) is 0 Å². The van der Waals surface area contributed by atoms with Gasteiger partial charge in [0.25, 0.3) is 0 Å². The van der Waals surface area contributed by atoms with Gasteiger partial charge in [-0.25, -0.2) is 0 Å². The van der Waals surface area contributed by atoms with Crippen LogP contribution in [0.5, 0.6) is 0 Å². The van der Waals surface area contributed by atoms with E-state index >= 15 is 0 Å². The highest BCUT2D eigenvalue weighted by Gasteiger charge is 1.90. The number of para-hydroxylation sites is 1. The molecule has 1 aromatic carbocycles.